The number of carbonyl (C=O) groups is 2. The topological polar surface area (TPSA) is 87.7 Å². The molecule has 3 heterocycles. The van der Waals surface area contributed by atoms with E-state index in [0.717, 1.165) is 44.9 Å². The van der Waals surface area contributed by atoms with Crippen LogP contribution in [0.1, 0.15) is 78.3 Å². The lowest BCUT2D eigenvalue weighted by Crippen LogP contribution is -2.41. The highest BCUT2D eigenvalue weighted by molar-refractivity contribution is 7.89. The van der Waals surface area contributed by atoms with Crippen LogP contribution < -0.4 is 0 Å². The number of pyridine rings is 1. The highest BCUT2D eigenvalue weighted by Gasteiger charge is 2.43. The van der Waals surface area contributed by atoms with Crippen LogP contribution in [0.4, 0.5) is 0 Å². The van der Waals surface area contributed by atoms with Crippen LogP contribution >= 0.6 is 0 Å². The quantitative estimate of drug-likeness (QED) is 0.655. The van der Waals surface area contributed by atoms with E-state index in [4.69, 9.17) is 0 Å². The molecule has 1 saturated carbocycles. The zero-order valence-electron chi connectivity index (χ0n) is 18.6. The van der Waals surface area contributed by atoms with Gasteiger partial charge in [-0.15, -0.1) is 0 Å². The van der Waals surface area contributed by atoms with Crippen molar-refractivity contribution in [3.8, 4) is 0 Å². The molecular weight excluding hydrogens is 426 g/mol. The van der Waals surface area contributed by atoms with E-state index >= 15 is 0 Å². The smallest absolute Gasteiger partial charge is 0.263 e. The van der Waals surface area contributed by atoms with Gasteiger partial charge in [-0.25, -0.2) is 8.42 Å². The molecule has 5 rings (SSSR count). The van der Waals surface area contributed by atoms with Crippen LogP contribution in [0.15, 0.2) is 23.1 Å². The van der Waals surface area contributed by atoms with Crippen LogP contribution in [0.2, 0.25) is 0 Å². The van der Waals surface area contributed by atoms with Gasteiger partial charge in [0.2, 0.25) is 10.0 Å². The van der Waals surface area contributed by atoms with Crippen LogP contribution in [-0.4, -0.2) is 53.6 Å². The van der Waals surface area contributed by atoms with E-state index in [2.05, 4.69) is 11.9 Å². The van der Waals surface area contributed by atoms with E-state index in [1.54, 1.807) is 25.1 Å². The summed E-state index contributed by atoms with van der Waals surface area (Å²) in [5.74, 6) is -0.0845. The number of piperidine rings is 1. The minimum atomic E-state index is -3.67. The van der Waals surface area contributed by atoms with Gasteiger partial charge < -0.3 is 0 Å². The van der Waals surface area contributed by atoms with E-state index < -0.39 is 10.0 Å². The maximum Gasteiger partial charge on any atom is 0.263 e. The highest BCUT2D eigenvalue weighted by atomic mass is 32.2. The third-order valence-corrected chi connectivity index (χ3v) is 9.22. The zero-order chi connectivity index (χ0) is 22.6. The molecule has 170 valence electrons. The molecule has 32 heavy (non-hydrogen) atoms. The predicted octanol–water partition coefficient (Wildman–Crippen LogP) is 3.89. The summed E-state index contributed by atoms with van der Waals surface area (Å²) in [7, 11) is -3.67. The Hall–Kier alpha value is -2.32. The van der Waals surface area contributed by atoms with Crippen molar-refractivity contribution in [3.05, 3.63) is 35.0 Å². The number of sulfonamides is 1. The molecule has 2 aromatic rings. The fraction of sp³-hybridized carbons (Fsp3) is 0.542. The fourth-order valence-corrected chi connectivity index (χ4v) is 6.88. The van der Waals surface area contributed by atoms with E-state index in [1.807, 2.05) is 0 Å². The number of benzene rings is 1. The largest absolute Gasteiger partial charge is 0.271 e. The van der Waals surface area contributed by atoms with Crippen molar-refractivity contribution in [1.82, 2.24) is 14.2 Å². The second-order valence-corrected chi connectivity index (χ2v) is 11.4. The first-order valence-corrected chi connectivity index (χ1v) is 13.1. The number of nitrogens with zero attached hydrogens (tertiary/aromatic N) is 3. The Balaban J connectivity index is 1.60. The van der Waals surface area contributed by atoms with Gasteiger partial charge >= 0.3 is 0 Å². The number of imide groups is 1. The minimum Gasteiger partial charge on any atom is -0.271 e. The van der Waals surface area contributed by atoms with E-state index in [0.29, 0.717) is 46.7 Å². The number of aromatic nitrogens is 1. The van der Waals surface area contributed by atoms with Gasteiger partial charge in [0.1, 0.15) is 0 Å². The zero-order valence-corrected chi connectivity index (χ0v) is 19.5. The Morgan fingerprint density at radius 2 is 1.59 bits per heavy atom. The molecule has 2 amide bonds. The first-order chi connectivity index (χ1) is 15.3. The number of amides is 2. The Labute approximate surface area is 188 Å². The molecule has 0 atom stereocenters. The number of fused-ring (bicyclic) bond motifs is 3. The van der Waals surface area contributed by atoms with Gasteiger partial charge in [0.25, 0.3) is 11.8 Å². The summed E-state index contributed by atoms with van der Waals surface area (Å²) in [5, 5.41) is 0.453. The van der Waals surface area contributed by atoms with Crippen molar-refractivity contribution in [2.45, 2.75) is 69.7 Å². The molecule has 2 aliphatic heterocycles. The van der Waals surface area contributed by atoms with Gasteiger partial charge in [0, 0.05) is 24.5 Å². The van der Waals surface area contributed by atoms with Crippen LogP contribution in [0.25, 0.3) is 10.9 Å². The molecule has 8 heteroatoms. The summed E-state index contributed by atoms with van der Waals surface area (Å²) < 4.78 is 28.1. The summed E-state index contributed by atoms with van der Waals surface area (Å²) in [6.45, 7) is 4.88. The second kappa shape index (κ2) is 7.92. The molecule has 1 saturated heterocycles. The normalized spacial score (nSPS) is 21.5. The van der Waals surface area contributed by atoms with Gasteiger partial charge in [-0.3, -0.25) is 19.5 Å². The third kappa shape index (κ3) is 3.35. The van der Waals surface area contributed by atoms with Crippen molar-refractivity contribution >= 4 is 32.7 Å². The van der Waals surface area contributed by atoms with Crippen molar-refractivity contribution in [3.63, 3.8) is 0 Å². The summed E-state index contributed by atoms with van der Waals surface area (Å²) >= 11 is 0. The maximum atomic E-state index is 13.5. The molecule has 3 aliphatic rings. The number of carbonyl (C=O) groups excluding carboxylic acids is 2. The summed E-state index contributed by atoms with van der Waals surface area (Å²) in [5.41, 5.74) is 1.70. The first-order valence-electron chi connectivity index (χ1n) is 11.6. The van der Waals surface area contributed by atoms with Crippen LogP contribution in [0.3, 0.4) is 0 Å². The van der Waals surface area contributed by atoms with Gasteiger partial charge in [0.15, 0.2) is 0 Å². The molecule has 7 nitrogen and oxygen atoms in total. The van der Waals surface area contributed by atoms with Crippen molar-refractivity contribution in [1.29, 1.82) is 0 Å². The minimum absolute atomic E-state index is 0.0899. The average Bonchev–Trinajstić information content (AvgIpc) is 3.05. The number of hydrogen-bond acceptors (Lipinski definition) is 5. The standard InChI is InChI=1S/C24H29N3O4S/c1-15-10-12-26(13-11-15)32(30,31)18-8-9-20-19(14-18)22-21(16(2)25-20)23(28)27(24(22)29)17-6-4-3-5-7-17/h8-9,14-15,17H,3-7,10-13H2,1-2H3. The highest BCUT2D eigenvalue weighted by Crippen LogP contribution is 2.36. The maximum absolute atomic E-state index is 13.5. The summed E-state index contributed by atoms with van der Waals surface area (Å²) in [6.07, 6.45) is 6.46. The Morgan fingerprint density at radius 3 is 2.28 bits per heavy atom. The molecule has 1 aromatic heterocycles. The Bertz CT molecular complexity index is 1210. The lowest BCUT2D eigenvalue weighted by Gasteiger charge is -2.29. The average molecular weight is 456 g/mol. The lowest BCUT2D eigenvalue weighted by atomic mass is 9.94. The fourth-order valence-electron chi connectivity index (χ4n) is 5.39. The second-order valence-electron chi connectivity index (χ2n) is 9.48. The monoisotopic (exact) mass is 455 g/mol. The molecule has 1 aromatic carbocycles. The lowest BCUT2D eigenvalue weighted by molar-refractivity contribution is 0.0549. The third-order valence-electron chi connectivity index (χ3n) is 7.32. The van der Waals surface area contributed by atoms with Gasteiger partial charge in [-0.05, 0) is 56.7 Å². The van der Waals surface area contributed by atoms with Gasteiger partial charge in [0.05, 0.1) is 27.2 Å². The number of hydrogen-bond donors (Lipinski definition) is 0. The SMILES string of the molecule is Cc1nc2ccc(S(=O)(=O)N3CCC(C)CC3)cc2c2c1C(=O)N(C1CCCCC1)C2=O. The van der Waals surface area contributed by atoms with Crippen LogP contribution in [0.5, 0.6) is 0 Å². The van der Waals surface area contributed by atoms with E-state index in [9.17, 15) is 18.0 Å². The molecule has 0 bridgehead atoms. The molecule has 2 fully saturated rings. The summed E-state index contributed by atoms with van der Waals surface area (Å²) in [4.78, 5) is 32.9. The summed E-state index contributed by atoms with van der Waals surface area (Å²) in [6, 6.07) is 4.68. The molecule has 0 spiro atoms. The first kappa shape index (κ1) is 21.5. The van der Waals surface area contributed by atoms with Crippen LogP contribution in [0, 0.1) is 12.8 Å². The number of aryl methyl sites for hydroxylation is 1. The molecular formula is C24H29N3O4S. The van der Waals surface area contributed by atoms with E-state index in [-0.39, 0.29) is 22.8 Å². The molecule has 0 N–H and O–H groups in total. The van der Waals surface area contributed by atoms with Crippen molar-refractivity contribution in [2.75, 3.05) is 13.1 Å². The van der Waals surface area contributed by atoms with Crippen LogP contribution in [-0.2, 0) is 10.0 Å². The number of rotatable bonds is 3. The van der Waals surface area contributed by atoms with Gasteiger partial charge in [-0.2, -0.15) is 4.31 Å². The van der Waals surface area contributed by atoms with Crippen molar-refractivity contribution in [2.24, 2.45) is 5.92 Å². The van der Waals surface area contributed by atoms with Gasteiger partial charge in [-0.1, -0.05) is 26.2 Å². The Morgan fingerprint density at radius 1 is 0.938 bits per heavy atom. The predicted molar refractivity (Wildman–Crippen MR) is 121 cm³/mol. The molecule has 0 radical (unpaired) electrons. The van der Waals surface area contributed by atoms with E-state index in [1.165, 1.54) is 9.21 Å². The molecule has 0 unspecified atom stereocenters. The van der Waals surface area contributed by atoms with Crippen molar-refractivity contribution < 1.29 is 18.0 Å². The molecule has 1 aliphatic carbocycles. The Kier molecular flexibility index (Phi) is 5.33.